The van der Waals surface area contributed by atoms with Crippen LogP contribution in [0.25, 0.3) is 0 Å². The minimum Gasteiger partial charge on any atom is -0.550 e. The van der Waals surface area contributed by atoms with E-state index >= 15 is 0 Å². The van der Waals surface area contributed by atoms with Crippen molar-refractivity contribution < 1.29 is 19.4 Å². The number of amides is 1. The molecule has 0 fully saturated rings. The van der Waals surface area contributed by atoms with Crippen LogP contribution in [0.15, 0.2) is 24.3 Å². The van der Waals surface area contributed by atoms with Crippen LogP contribution in [0, 0.1) is 3.57 Å². The average molecular weight is 404 g/mol. The number of carboxylic acids is 1. The highest BCUT2D eigenvalue weighted by Crippen LogP contribution is 2.11. The lowest BCUT2D eigenvalue weighted by Gasteiger charge is -2.24. The molecule has 1 amide bonds. The van der Waals surface area contributed by atoms with Gasteiger partial charge in [-0.2, -0.15) is 0 Å². The van der Waals surface area contributed by atoms with E-state index < -0.39 is 23.7 Å². The molecule has 1 atom stereocenters. The van der Waals surface area contributed by atoms with Gasteiger partial charge < -0.3 is 20.0 Å². The Morgan fingerprint density at radius 3 is 2.33 bits per heavy atom. The second kappa shape index (κ2) is 7.63. The van der Waals surface area contributed by atoms with Crippen molar-refractivity contribution in [2.45, 2.75) is 45.3 Å². The standard InChI is InChI=1S/C15H20INO4/c1-15(2,3)21-14(20)17-12(9-13(18)19)8-10-4-6-11(16)7-5-10/h4-7,12H,8-9H2,1-3H3,(H,17,20)(H,18,19)/p-1/t12-/m0/s1. The zero-order chi connectivity index (χ0) is 16.0. The lowest BCUT2D eigenvalue weighted by Crippen LogP contribution is -2.43. The van der Waals surface area contributed by atoms with Gasteiger partial charge in [0.2, 0.25) is 0 Å². The molecule has 0 heterocycles. The van der Waals surface area contributed by atoms with E-state index in [0.29, 0.717) is 6.42 Å². The van der Waals surface area contributed by atoms with Crippen LogP contribution in [0.2, 0.25) is 0 Å². The molecule has 0 spiro atoms. The number of aliphatic carboxylic acids is 1. The fourth-order valence-corrected chi connectivity index (χ4v) is 2.11. The maximum atomic E-state index is 11.7. The predicted molar refractivity (Wildman–Crippen MR) is 85.6 cm³/mol. The van der Waals surface area contributed by atoms with Crippen LogP contribution in [0.5, 0.6) is 0 Å². The zero-order valence-corrected chi connectivity index (χ0v) is 14.5. The van der Waals surface area contributed by atoms with Crippen LogP contribution in [-0.2, 0) is 16.0 Å². The molecule has 0 saturated carbocycles. The number of halogens is 1. The lowest BCUT2D eigenvalue weighted by molar-refractivity contribution is -0.306. The van der Waals surface area contributed by atoms with Crippen molar-refractivity contribution in [2.75, 3.05) is 0 Å². The highest BCUT2D eigenvalue weighted by molar-refractivity contribution is 14.1. The maximum Gasteiger partial charge on any atom is 0.407 e. The van der Waals surface area contributed by atoms with Crippen LogP contribution in [0.4, 0.5) is 4.79 Å². The molecule has 0 unspecified atom stereocenters. The minimum absolute atomic E-state index is 0.259. The molecule has 1 aromatic rings. The monoisotopic (exact) mass is 404 g/mol. The summed E-state index contributed by atoms with van der Waals surface area (Å²) in [4.78, 5) is 22.6. The van der Waals surface area contributed by atoms with Gasteiger partial charge in [0.05, 0.1) is 0 Å². The summed E-state index contributed by atoms with van der Waals surface area (Å²) in [5.41, 5.74) is 0.316. The maximum absolute atomic E-state index is 11.7. The Morgan fingerprint density at radius 1 is 1.29 bits per heavy atom. The molecular formula is C15H19INO4-. The second-order valence-corrected chi connectivity index (χ2v) is 7.00. The number of hydrogen-bond acceptors (Lipinski definition) is 4. The van der Waals surface area contributed by atoms with E-state index in [2.05, 4.69) is 27.9 Å². The summed E-state index contributed by atoms with van der Waals surface area (Å²) in [5.74, 6) is -1.21. The lowest BCUT2D eigenvalue weighted by atomic mass is 10.0. The van der Waals surface area contributed by atoms with Gasteiger partial charge in [-0.15, -0.1) is 0 Å². The first kappa shape index (κ1) is 17.7. The van der Waals surface area contributed by atoms with Crippen molar-refractivity contribution in [2.24, 2.45) is 0 Å². The Morgan fingerprint density at radius 2 is 1.86 bits per heavy atom. The fraction of sp³-hybridized carbons (Fsp3) is 0.467. The SMILES string of the molecule is CC(C)(C)OC(=O)N[C@H](CC(=O)[O-])Cc1ccc(I)cc1. The van der Waals surface area contributed by atoms with Crippen molar-refractivity contribution in [3.63, 3.8) is 0 Å². The van der Waals surface area contributed by atoms with Gasteiger partial charge in [0.25, 0.3) is 0 Å². The molecule has 0 aliphatic heterocycles. The van der Waals surface area contributed by atoms with E-state index in [1.54, 1.807) is 20.8 Å². The molecule has 0 aromatic heterocycles. The first-order valence-corrected chi connectivity index (χ1v) is 7.67. The number of benzene rings is 1. The number of rotatable bonds is 5. The third-order valence-corrected chi connectivity index (χ3v) is 3.25. The van der Waals surface area contributed by atoms with Gasteiger partial charge in [-0.1, -0.05) is 12.1 Å². The quantitative estimate of drug-likeness (QED) is 0.761. The van der Waals surface area contributed by atoms with Gasteiger partial charge >= 0.3 is 6.09 Å². The summed E-state index contributed by atoms with van der Waals surface area (Å²) in [5, 5.41) is 13.4. The van der Waals surface area contributed by atoms with E-state index in [-0.39, 0.29) is 6.42 Å². The molecule has 1 N–H and O–H groups in total. The highest BCUT2D eigenvalue weighted by atomic mass is 127. The summed E-state index contributed by atoms with van der Waals surface area (Å²) in [6.45, 7) is 5.25. The Hall–Kier alpha value is -1.31. The molecule has 116 valence electrons. The molecule has 0 saturated heterocycles. The third-order valence-electron chi connectivity index (χ3n) is 2.53. The number of hydrogen-bond donors (Lipinski definition) is 1. The summed E-state index contributed by atoms with van der Waals surface area (Å²) < 4.78 is 6.23. The van der Waals surface area contributed by atoms with Crippen LogP contribution >= 0.6 is 22.6 Å². The number of nitrogens with one attached hydrogen (secondary N) is 1. The molecule has 21 heavy (non-hydrogen) atoms. The second-order valence-electron chi connectivity index (χ2n) is 5.75. The van der Waals surface area contributed by atoms with Crippen LogP contribution in [0.3, 0.4) is 0 Å². The topological polar surface area (TPSA) is 78.5 Å². The largest absolute Gasteiger partial charge is 0.550 e. The molecule has 0 bridgehead atoms. The molecule has 0 aliphatic rings. The van der Waals surface area contributed by atoms with Crippen LogP contribution in [0.1, 0.15) is 32.8 Å². The van der Waals surface area contributed by atoms with E-state index in [4.69, 9.17) is 4.74 Å². The third kappa shape index (κ3) is 7.89. The first-order valence-electron chi connectivity index (χ1n) is 6.59. The summed E-state index contributed by atoms with van der Waals surface area (Å²) >= 11 is 2.19. The van der Waals surface area contributed by atoms with Gasteiger partial charge in [-0.25, -0.2) is 4.79 Å². The average Bonchev–Trinajstić information content (AvgIpc) is 2.28. The van der Waals surface area contributed by atoms with Gasteiger partial charge in [0.15, 0.2) is 0 Å². The van der Waals surface area contributed by atoms with Crippen molar-refractivity contribution in [3.05, 3.63) is 33.4 Å². The van der Waals surface area contributed by atoms with Gasteiger partial charge in [0.1, 0.15) is 5.60 Å². The minimum atomic E-state index is -1.21. The van der Waals surface area contributed by atoms with Gasteiger partial charge in [-0.3, -0.25) is 0 Å². The number of carboxylic acid groups (broad SMARTS) is 1. The van der Waals surface area contributed by atoms with Crippen molar-refractivity contribution >= 4 is 34.7 Å². The molecule has 6 heteroatoms. The van der Waals surface area contributed by atoms with Crippen molar-refractivity contribution in [1.82, 2.24) is 5.32 Å². The van der Waals surface area contributed by atoms with Crippen LogP contribution in [-0.4, -0.2) is 23.7 Å². The van der Waals surface area contributed by atoms with Gasteiger partial charge in [0, 0.05) is 22.0 Å². The Kier molecular flexibility index (Phi) is 6.44. The number of alkyl carbamates (subject to hydrolysis) is 1. The smallest absolute Gasteiger partial charge is 0.407 e. The molecule has 0 aliphatic carbocycles. The van der Waals surface area contributed by atoms with E-state index in [9.17, 15) is 14.7 Å². The summed E-state index contributed by atoms with van der Waals surface area (Å²) in [7, 11) is 0. The fourth-order valence-electron chi connectivity index (χ4n) is 1.75. The van der Waals surface area contributed by atoms with Crippen molar-refractivity contribution in [1.29, 1.82) is 0 Å². The number of carbonyl (C=O) groups is 2. The van der Waals surface area contributed by atoms with Crippen LogP contribution < -0.4 is 10.4 Å². The first-order chi connectivity index (χ1) is 9.65. The van der Waals surface area contributed by atoms with E-state index in [1.165, 1.54) is 0 Å². The van der Waals surface area contributed by atoms with E-state index in [0.717, 1.165) is 9.13 Å². The van der Waals surface area contributed by atoms with Crippen molar-refractivity contribution in [3.8, 4) is 0 Å². The molecule has 0 radical (unpaired) electrons. The van der Waals surface area contributed by atoms with E-state index in [1.807, 2.05) is 24.3 Å². The molecule has 5 nitrogen and oxygen atoms in total. The molecular weight excluding hydrogens is 385 g/mol. The Balaban J connectivity index is 2.69. The van der Waals surface area contributed by atoms with Gasteiger partial charge in [-0.05, 0) is 67.5 Å². The Bertz CT molecular complexity index is 493. The predicted octanol–water partition coefficient (Wildman–Crippen LogP) is 1.87. The summed E-state index contributed by atoms with van der Waals surface area (Å²) in [6, 6.07) is 7.10. The Labute approximate surface area is 138 Å². The highest BCUT2D eigenvalue weighted by Gasteiger charge is 2.20. The molecule has 1 rings (SSSR count). The number of ether oxygens (including phenoxy) is 1. The number of carbonyl (C=O) groups excluding carboxylic acids is 2. The summed E-state index contributed by atoms with van der Waals surface area (Å²) in [6.07, 6.45) is -0.477. The molecule has 1 aromatic carbocycles. The normalized spacial score (nSPS) is 12.6. The zero-order valence-electron chi connectivity index (χ0n) is 12.3.